The van der Waals surface area contributed by atoms with Gasteiger partial charge >= 0.3 is 5.63 Å². The molecule has 10 heteroatoms. The van der Waals surface area contributed by atoms with Crippen molar-refractivity contribution in [2.45, 2.75) is 6.54 Å². The minimum atomic E-state index is -0.777. The quantitative estimate of drug-likeness (QED) is 0.473. The number of para-hydroxylation sites is 1. The number of ether oxygens (including phenoxy) is 1. The third-order valence-electron chi connectivity index (χ3n) is 4.39. The normalized spacial score (nSPS) is 10.8. The van der Waals surface area contributed by atoms with Crippen LogP contribution in [0.4, 0.5) is 0 Å². The van der Waals surface area contributed by atoms with Crippen LogP contribution in [-0.2, 0) is 6.54 Å². The van der Waals surface area contributed by atoms with Crippen molar-refractivity contribution < 1.29 is 13.9 Å². The van der Waals surface area contributed by atoms with Crippen LogP contribution in [0.3, 0.4) is 0 Å². The maximum Gasteiger partial charge on any atom is 0.349 e. The molecule has 0 atom stereocenters. The van der Waals surface area contributed by atoms with E-state index in [2.05, 4.69) is 15.5 Å². The van der Waals surface area contributed by atoms with Crippen molar-refractivity contribution >= 4 is 16.9 Å². The van der Waals surface area contributed by atoms with Gasteiger partial charge in [-0.3, -0.25) is 9.59 Å². The Kier molecular flexibility index (Phi) is 5.12. The Balaban J connectivity index is 1.49. The lowest BCUT2D eigenvalue weighted by Gasteiger charge is -2.09. The molecule has 3 aromatic heterocycles. The van der Waals surface area contributed by atoms with Crippen LogP contribution in [-0.4, -0.2) is 39.1 Å². The van der Waals surface area contributed by atoms with Gasteiger partial charge in [-0.15, -0.1) is 5.10 Å². The second-order valence-electron chi connectivity index (χ2n) is 6.29. The summed E-state index contributed by atoms with van der Waals surface area (Å²) in [4.78, 5) is 36.7. The van der Waals surface area contributed by atoms with Crippen molar-refractivity contribution in [1.82, 2.24) is 24.9 Å². The van der Waals surface area contributed by atoms with Crippen LogP contribution < -0.4 is 21.2 Å². The van der Waals surface area contributed by atoms with Crippen LogP contribution in [0.15, 0.2) is 68.9 Å². The van der Waals surface area contributed by atoms with E-state index < -0.39 is 11.5 Å². The van der Waals surface area contributed by atoms with Crippen molar-refractivity contribution in [3.05, 3.63) is 81.2 Å². The van der Waals surface area contributed by atoms with E-state index in [4.69, 9.17) is 9.15 Å². The van der Waals surface area contributed by atoms with Gasteiger partial charge in [-0.05, 0) is 24.3 Å². The van der Waals surface area contributed by atoms with E-state index >= 15 is 0 Å². The molecule has 1 aromatic carbocycles. The molecular formula is C20H17N5O5. The van der Waals surface area contributed by atoms with E-state index in [9.17, 15) is 14.4 Å². The fourth-order valence-electron chi connectivity index (χ4n) is 2.93. The lowest BCUT2D eigenvalue weighted by molar-refractivity contribution is 0.0948. The molecule has 0 aliphatic rings. The van der Waals surface area contributed by atoms with Crippen LogP contribution in [0, 0.1) is 0 Å². The van der Waals surface area contributed by atoms with Gasteiger partial charge in [0.05, 0.1) is 13.7 Å². The number of fused-ring (bicyclic) bond motifs is 1. The van der Waals surface area contributed by atoms with Crippen molar-refractivity contribution in [2.24, 2.45) is 0 Å². The monoisotopic (exact) mass is 407 g/mol. The molecule has 4 rings (SSSR count). The number of methoxy groups -OCH3 is 1. The first-order valence-corrected chi connectivity index (χ1v) is 9.04. The largest absolute Gasteiger partial charge is 0.493 e. The van der Waals surface area contributed by atoms with Crippen LogP contribution in [0.5, 0.6) is 5.75 Å². The van der Waals surface area contributed by atoms with Crippen molar-refractivity contribution in [2.75, 3.05) is 13.7 Å². The third kappa shape index (κ3) is 3.70. The molecule has 0 aliphatic carbocycles. The van der Waals surface area contributed by atoms with Crippen LogP contribution in [0.25, 0.3) is 16.8 Å². The fraction of sp³-hybridized carbons (Fsp3) is 0.150. The highest BCUT2D eigenvalue weighted by Gasteiger charge is 2.15. The van der Waals surface area contributed by atoms with Gasteiger partial charge in [-0.2, -0.15) is 5.10 Å². The molecule has 0 radical (unpaired) electrons. The number of carbonyl (C=O) groups is 1. The summed E-state index contributed by atoms with van der Waals surface area (Å²) in [6.07, 6.45) is 3.30. The van der Waals surface area contributed by atoms with E-state index in [0.717, 1.165) is 0 Å². The Morgan fingerprint density at radius 3 is 2.83 bits per heavy atom. The average molecular weight is 407 g/mol. The minimum Gasteiger partial charge on any atom is -0.493 e. The summed E-state index contributed by atoms with van der Waals surface area (Å²) in [5.74, 6) is 0.263. The van der Waals surface area contributed by atoms with Gasteiger partial charge in [0.2, 0.25) is 0 Å². The standard InChI is InChI=1S/C20H17N5O5/c1-29-15-5-2-4-13-12-14(20(28)30-18(13)15)19(27)21-9-11-25-17(26)7-6-16(23-25)24-10-3-8-22-24/h2-8,10,12H,9,11H2,1H3,(H,21,27). The second-order valence-corrected chi connectivity index (χ2v) is 6.29. The summed E-state index contributed by atoms with van der Waals surface area (Å²) < 4.78 is 13.2. The summed E-state index contributed by atoms with van der Waals surface area (Å²) in [5.41, 5.74) is -0.966. The molecular weight excluding hydrogens is 390 g/mol. The number of benzene rings is 1. The molecule has 0 spiro atoms. The lowest BCUT2D eigenvalue weighted by Crippen LogP contribution is -2.34. The molecule has 152 valence electrons. The highest BCUT2D eigenvalue weighted by atomic mass is 16.5. The first-order chi connectivity index (χ1) is 14.6. The van der Waals surface area contributed by atoms with Crippen LogP contribution in [0.1, 0.15) is 10.4 Å². The number of nitrogens with one attached hydrogen (secondary N) is 1. The number of aromatic nitrogens is 4. The predicted octanol–water partition coefficient (Wildman–Crippen LogP) is 0.974. The zero-order valence-corrected chi connectivity index (χ0v) is 15.9. The van der Waals surface area contributed by atoms with Crippen molar-refractivity contribution in [3.63, 3.8) is 0 Å². The maximum atomic E-state index is 12.5. The Bertz CT molecular complexity index is 1320. The number of amides is 1. The minimum absolute atomic E-state index is 0.0872. The topological polar surface area (TPSA) is 121 Å². The SMILES string of the molecule is COc1cccc2cc(C(=O)NCCn3nc(-n4cccn4)ccc3=O)c(=O)oc12. The summed E-state index contributed by atoms with van der Waals surface area (Å²) in [5, 5.41) is 11.5. The van der Waals surface area contributed by atoms with Gasteiger partial charge in [0, 0.05) is 30.4 Å². The highest BCUT2D eigenvalue weighted by molar-refractivity contribution is 5.97. The highest BCUT2D eigenvalue weighted by Crippen LogP contribution is 2.24. The fourth-order valence-corrected chi connectivity index (χ4v) is 2.93. The Hall–Kier alpha value is -4.21. The van der Waals surface area contributed by atoms with Crippen molar-refractivity contribution in [3.8, 4) is 11.6 Å². The molecule has 30 heavy (non-hydrogen) atoms. The number of hydrogen-bond acceptors (Lipinski definition) is 7. The Labute approximate surface area is 169 Å². The van der Waals surface area contributed by atoms with E-state index in [-0.39, 0.29) is 29.8 Å². The smallest absolute Gasteiger partial charge is 0.349 e. The summed E-state index contributed by atoms with van der Waals surface area (Å²) in [6, 6.07) is 11.2. The molecule has 0 saturated heterocycles. The zero-order chi connectivity index (χ0) is 21.1. The maximum absolute atomic E-state index is 12.5. The molecule has 3 heterocycles. The molecule has 0 unspecified atom stereocenters. The van der Waals surface area contributed by atoms with Gasteiger partial charge in [0.1, 0.15) is 5.56 Å². The van der Waals surface area contributed by atoms with E-state index in [1.165, 1.54) is 28.6 Å². The number of hydrogen-bond donors (Lipinski definition) is 1. The van der Waals surface area contributed by atoms with E-state index in [0.29, 0.717) is 17.0 Å². The molecule has 0 aliphatic heterocycles. The summed E-state index contributed by atoms with van der Waals surface area (Å²) in [6.45, 7) is 0.205. The molecule has 10 nitrogen and oxygen atoms in total. The average Bonchev–Trinajstić information content (AvgIpc) is 3.29. The Morgan fingerprint density at radius 1 is 1.20 bits per heavy atom. The molecule has 1 amide bonds. The molecule has 4 aromatic rings. The van der Waals surface area contributed by atoms with Gasteiger partial charge in [0.15, 0.2) is 17.2 Å². The first-order valence-electron chi connectivity index (χ1n) is 9.04. The molecule has 0 fully saturated rings. The van der Waals surface area contributed by atoms with Gasteiger partial charge in [-0.1, -0.05) is 12.1 Å². The summed E-state index contributed by atoms with van der Waals surface area (Å²) >= 11 is 0. The molecule has 1 N–H and O–H groups in total. The van der Waals surface area contributed by atoms with Gasteiger partial charge < -0.3 is 14.5 Å². The molecule has 0 saturated carbocycles. The lowest BCUT2D eigenvalue weighted by atomic mass is 10.1. The predicted molar refractivity (Wildman–Crippen MR) is 107 cm³/mol. The third-order valence-corrected chi connectivity index (χ3v) is 4.39. The number of carbonyl (C=O) groups excluding carboxylic acids is 1. The van der Waals surface area contributed by atoms with Crippen LogP contribution in [0.2, 0.25) is 0 Å². The van der Waals surface area contributed by atoms with Crippen LogP contribution >= 0.6 is 0 Å². The number of nitrogens with zero attached hydrogens (tertiary/aromatic N) is 4. The summed E-state index contributed by atoms with van der Waals surface area (Å²) in [7, 11) is 1.47. The molecule has 0 bridgehead atoms. The van der Waals surface area contributed by atoms with Gasteiger partial charge in [0.25, 0.3) is 11.5 Å². The van der Waals surface area contributed by atoms with E-state index in [1.807, 2.05) is 0 Å². The second kappa shape index (κ2) is 8.03. The first kappa shape index (κ1) is 19.1. The van der Waals surface area contributed by atoms with Crippen molar-refractivity contribution in [1.29, 1.82) is 0 Å². The zero-order valence-electron chi connectivity index (χ0n) is 15.9. The Morgan fingerprint density at radius 2 is 2.07 bits per heavy atom. The number of rotatable bonds is 6. The van der Waals surface area contributed by atoms with E-state index in [1.54, 1.807) is 42.7 Å². The van der Waals surface area contributed by atoms with Gasteiger partial charge in [-0.25, -0.2) is 14.2 Å².